The molecule has 5 N–H and O–H groups in total. The number of carbonyl (C=O) groups is 2. The minimum Gasteiger partial charge on any atom is -0.507 e. The average Bonchev–Trinajstić information content (AvgIpc) is 3.78. The van der Waals surface area contributed by atoms with Crippen LogP contribution in [0.3, 0.4) is 0 Å². The van der Waals surface area contributed by atoms with Crippen molar-refractivity contribution >= 4 is 33.7 Å². The molecular weight excluding hydrogens is 700 g/mol. The van der Waals surface area contributed by atoms with Gasteiger partial charge in [-0.3, -0.25) is 14.6 Å². The molecule has 292 valence electrons. The summed E-state index contributed by atoms with van der Waals surface area (Å²) in [5.41, 5.74) is 7.47. The van der Waals surface area contributed by atoms with Crippen LogP contribution in [0.15, 0.2) is 42.2 Å². The number of ether oxygens (including phenoxy) is 3. The summed E-state index contributed by atoms with van der Waals surface area (Å²) in [4.78, 5) is 38.8. The van der Waals surface area contributed by atoms with E-state index in [1.165, 1.54) is 14.2 Å². The molecule has 2 aromatic carbocycles. The number of aliphatic hydroxyl groups excluding tert-OH is 1. The lowest BCUT2D eigenvalue weighted by atomic mass is 9.61. The Morgan fingerprint density at radius 3 is 2.38 bits per heavy atom. The number of phenolic OH excluding ortho intramolecular Hbond substituents is 2. The van der Waals surface area contributed by atoms with Crippen LogP contribution in [0.1, 0.15) is 85.2 Å². The number of methoxy groups -OCH3 is 3. The topological polar surface area (TPSA) is 161 Å². The van der Waals surface area contributed by atoms with Gasteiger partial charge in [0, 0.05) is 64.4 Å². The van der Waals surface area contributed by atoms with E-state index in [1.807, 2.05) is 12.1 Å². The fraction of sp³-hybridized carbons (Fsp3) is 0.535. The van der Waals surface area contributed by atoms with Gasteiger partial charge in [-0.25, -0.2) is 4.79 Å². The molecule has 0 bridgehead atoms. The van der Waals surface area contributed by atoms with E-state index in [-0.39, 0.29) is 59.3 Å². The Morgan fingerprint density at radius 1 is 0.891 bits per heavy atom. The van der Waals surface area contributed by atoms with Gasteiger partial charge in [-0.2, -0.15) is 0 Å². The van der Waals surface area contributed by atoms with E-state index in [0.717, 1.165) is 95.2 Å². The van der Waals surface area contributed by atoms with Crippen molar-refractivity contribution in [3.8, 4) is 11.5 Å². The highest BCUT2D eigenvalue weighted by Gasteiger charge is 2.55. The van der Waals surface area contributed by atoms with E-state index >= 15 is 0 Å². The number of phenols is 2. The molecule has 12 nitrogen and oxygen atoms in total. The number of H-pyrrole nitrogens is 2. The predicted octanol–water partition coefficient (Wildman–Crippen LogP) is 5.93. The van der Waals surface area contributed by atoms with Gasteiger partial charge in [0.2, 0.25) is 0 Å². The first-order valence-corrected chi connectivity index (χ1v) is 19.9. The summed E-state index contributed by atoms with van der Waals surface area (Å²) < 4.78 is 15.9. The van der Waals surface area contributed by atoms with Gasteiger partial charge in [0.25, 0.3) is 0 Å². The fourth-order valence-corrected chi connectivity index (χ4v) is 11.8. The highest BCUT2D eigenvalue weighted by molar-refractivity contribution is 5.93. The lowest BCUT2D eigenvalue weighted by molar-refractivity contribution is -0.163. The molecule has 0 radical (unpaired) electrons. The van der Waals surface area contributed by atoms with Gasteiger partial charge < -0.3 is 39.5 Å². The van der Waals surface area contributed by atoms with Crippen molar-refractivity contribution in [1.82, 2.24) is 19.8 Å². The number of benzene rings is 2. The molecule has 3 fully saturated rings. The zero-order valence-corrected chi connectivity index (χ0v) is 32.0. The van der Waals surface area contributed by atoms with Crippen LogP contribution >= 0.6 is 0 Å². The van der Waals surface area contributed by atoms with Crippen LogP contribution in [0.4, 0.5) is 0 Å². The monoisotopic (exact) mass is 752 g/mol. The third-order valence-electron chi connectivity index (χ3n) is 14.2. The van der Waals surface area contributed by atoms with Crippen molar-refractivity contribution < 1.29 is 39.1 Å². The first-order chi connectivity index (χ1) is 26.7. The highest BCUT2D eigenvalue weighted by atomic mass is 16.5. The molecule has 0 spiro atoms. The summed E-state index contributed by atoms with van der Waals surface area (Å²) in [5.74, 6) is -0.895. The van der Waals surface area contributed by atoms with E-state index in [0.29, 0.717) is 24.8 Å². The molecule has 5 aliphatic rings. The fourth-order valence-electron chi connectivity index (χ4n) is 11.8. The zero-order valence-electron chi connectivity index (χ0n) is 32.0. The van der Waals surface area contributed by atoms with Crippen LogP contribution in [0.25, 0.3) is 21.8 Å². The maximum Gasteiger partial charge on any atom is 0.337 e. The number of carbonyl (C=O) groups excluding carboxylic acids is 2. The molecule has 4 aliphatic heterocycles. The second-order valence-electron chi connectivity index (χ2n) is 16.4. The molecule has 6 heterocycles. The largest absolute Gasteiger partial charge is 0.507 e. The lowest BCUT2D eigenvalue weighted by Gasteiger charge is -2.55. The number of aromatic nitrogens is 2. The summed E-state index contributed by atoms with van der Waals surface area (Å²) in [6.45, 7) is 4.58. The number of fused-ring (bicyclic) bond motifs is 11. The predicted molar refractivity (Wildman–Crippen MR) is 205 cm³/mol. The number of nitrogens with one attached hydrogen (secondary N) is 2. The minimum atomic E-state index is -0.809. The van der Waals surface area contributed by atoms with Crippen molar-refractivity contribution in [3.05, 3.63) is 70.2 Å². The van der Waals surface area contributed by atoms with Gasteiger partial charge in [0.1, 0.15) is 11.5 Å². The van der Waals surface area contributed by atoms with Crippen LogP contribution in [0.2, 0.25) is 0 Å². The molecule has 1 aliphatic carbocycles. The van der Waals surface area contributed by atoms with Crippen LogP contribution in [0.5, 0.6) is 11.5 Å². The number of aliphatic hydroxyl groups is 1. The first kappa shape index (κ1) is 36.1. The average molecular weight is 753 g/mol. The van der Waals surface area contributed by atoms with Crippen molar-refractivity contribution in [1.29, 1.82) is 0 Å². The number of hydrogen-bond acceptors (Lipinski definition) is 10. The Bertz CT molecular complexity index is 2190. The van der Waals surface area contributed by atoms with Crippen molar-refractivity contribution in [2.45, 2.75) is 76.1 Å². The number of piperidine rings is 2. The summed E-state index contributed by atoms with van der Waals surface area (Å²) in [6, 6.07) is 9.38. The number of aromatic hydroxyl groups is 2. The lowest BCUT2D eigenvalue weighted by Crippen LogP contribution is -2.54. The normalized spacial score (nSPS) is 30.9. The second kappa shape index (κ2) is 13.9. The highest BCUT2D eigenvalue weighted by Crippen LogP contribution is 2.59. The van der Waals surface area contributed by atoms with Crippen LogP contribution < -0.4 is 0 Å². The Morgan fingerprint density at radius 2 is 1.64 bits per heavy atom. The Balaban J connectivity index is 1.15. The van der Waals surface area contributed by atoms with E-state index in [1.54, 1.807) is 19.4 Å². The molecule has 4 aromatic rings. The molecule has 55 heavy (non-hydrogen) atoms. The molecule has 9 atom stereocenters. The number of hydrogen-bond donors (Lipinski definition) is 5. The zero-order chi connectivity index (χ0) is 38.3. The number of aromatic amines is 2. The van der Waals surface area contributed by atoms with E-state index in [4.69, 9.17) is 14.2 Å². The van der Waals surface area contributed by atoms with Gasteiger partial charge in [0.05, 0.1) is 57.3 Å². The molecular formula is C43H52N4O8. The number of nitrogens with zero attached hydrogens (tertiary/aromatic N) is 2. The standard InChI is InChI=1S/C43H52N4O8/c1-5-21-19-46-15-13-24-36-30(45-38(24)31(46)17-26(21)28(20-53-2)42(51)54-3)11-9-25(41(36)50)40-22-10-12-34(49)37(43(52)55-4)27(22)18-32-39-23(14-16-47(32)40)35-29(44-39)7-6-8-33(35)48/h6-9,11,20-22,26-27,31-32,34,37,40,44-45,48-50H,5,10,12-19H2,1-4H3/b28-20+/t21-,22+,26-,27-,31-,32+,34-,37+,40+/m0/s1. The third-order valence-corrected chi connectivity index (χ3v) is 14.2. The SMILES string of the molecule is CC[C@H]1CN2CCc3c([nH]c4ccc([C@H]5[C@@H]6CC[C@H](O)[C@H](C(=O)OC)[C@H]6C[C@@H]6c7[nH]c8cccc(O)c8c7CCN65)c(O)c34)[C@@H]2C[C@@H]1/C(=C\OC)C(=O)OC. The van der Waals surface area contributed by atoms with E-state index in [2.05, 4.69) is 38.8 Å². The van der Waals surface area contributed by atoms with Gasteiger partial charge in [0.15, 0.2) is 0 Å². The van der Waals surface area contributed by atoms with Crippen molar-refractivity contribution in [2.75, 3.05) is 41.0 Å². The molecule has 9 rings (SSSR count). The van der Waals surface area contributed by atoms with Crippen LogP contribution in [-0.2, 0) is 36.6 Å². The van der Waals surface area contributed by atoms with Gasteiger partial charge in [-0.1, -0.05) is 25.5 Å². The van der Waals surface area contributed by atoms with E-state index in [9.17, 15) is 24.9 Å². The summed E-state index contributed by atoms with van der Waals surface area (Å²) >= 11 is 0. The summed E-state index contributed by atoms with van der Waals surface area (Å²) in [6.07, 6.45) is 5.72. The quantitative estimate of drug-likeness (QED) is 0.0908. The van der Waals surface area contributed by atoms with Crippen molar-refractivity contribution in [2.24, 2.45) is 29.6 Å². The maximum absolute atomic E-state index is 13.4. The molecule has 0 unspecified atom stereocenters. The van der Waals surface area contributed by atoms with E-state index < -0.39 is 18.0 Å². The van der Waals surface area contributed by atoms with Crippen LogP contribution in [-0.4, -0.2) is 94.1 Å². The smallest absolute Gasteiger partial charge is 0.337 e. The van der Waals surface area contributed by atoms with Gasteiger partial charge in [-0.15, -0.1) is 0 Å². The summed E-state index contributed by atoms with van der Waals surface area (Å²) in [7, 11) is 4.36. The third kappa shape index (κ3) is 5.49. The molecule has 12 heteroatoms. The van der Waals surface area contributed by atoms with Crippen molar-refractivity contribution in [3.63, 3.8) is 0 Å². The molecule has 2 aromatic heterocycles. The second-order valence-corrected chi connectivity index (χ2v) is 16.4. The Labute approximate surface area is 320 Å². The first-order valence-electron chi connectivity index (χ1n) is 19.9. The Kier molecular flexibility index (Phi) is 9.13. The maximum atomic E-state index is 13.4. The number of esters is 2. The minimum absolute atomic E-state index is 0.00825. The van der Waals surface area contributed by atoms with Gasteiger partial charge in [-0.05, 0) is 91.5 Å². The molecule has 1 saturated carbocycles. The van der Waals surface area contributed by atoms with Gasteiger partial charge >= 0.3 is 11.9 Å². The molecule has 2 saturated heterocycles. The Hall–Kier alpha value is -4.52. The number of rotatable bonds is 6. The summed E-state index contributed by atoms with van der Waals surface area (Å²) in [5, 5.41) is 36.5. The molecule has 0 amide bonds. The van der Waals surface area contributed by atoms with Crippen LogP contribution in [0, 0.1) is 29.6 Å².